The second kappa shape index (κ2) is 8.06. The highest BCUT2D eigenvalue weighted by Gasteiger charge is 2.20. The third-order valence-electron chi connectivity index (χ3n) is 3.29. The first kappa shape index (κ1) is 18.9. The van der Waals surface area contributed by atoms with Crippen molar-refractivity contribution in [3.8, 4) is 0 Å². The predicted octanol–water partition coefficient (Wildman–Crippen LogP) is 3.72. The third kappa shape index (κ3) is 4.99. The molecule has 0 unspecified atom stereocenters. The first-order chi connectivity index (χ1) is 11.8. The summed E-state index contributed by atoms with van der Waals surface area (Å²) < 4.78 is 58.1. The lowest BCUT2D eigenvalue weighted by atomic mass is 10.2. The smallest absolute Gasteiger partial charge is 0.338 e. The Morgan fingerprint density at radius 2 is 1.80 bits per heavy atom. The molecule has 0 atom stereocenters. The fourth-order valence-corrected chi connectivity index (χ4v) is 3.09. The normalized spacial score (nSPS) is 11.2. The van der Waals surface area contributed by atoms with Crippen LogP contribution in [-0.4, -0.2) is 21.0 Å². The number of esters is 1. The van der Waals surface area contributed by atoms with Crippen LogP contribution in [0, 0.1) is 11.6 Å². The van der Waals surface area contributed by atoms with E-state index in [2.05, 4.69) is 4.72 Å². The molecule has 5 nitrogen and oxygen atoms in total. The summed E-state index contributed by atoms with van der Waals surface area (Å²) in [5, 5.41) is 0. The summed E-state index contributed by atoms with van der Waals surface area (Å²) in [5.74, 6) is -2.57. The average molecular weight is 369 g/mol. The van der Waals surface area contributed by atoms with Crippen LogP contribution in [0.5, 0.6) is 0 Å². The van der Waals surface area contributed by atoms with Gasteiger partial charge < -0.3 is 4.74 Å². The molecule has 0 saturated heterocycles. The Kier molecular flexibility index (Phi) is 6.08. The molecule has 0 amide bonds. The van der Waals surface area contributed by atoms with Gasteiger partial charge in [0.2, 0.25) is 0 Å². The maximum absolute atomic E-state index is 13.6. The molecule has 0 fully saturated rings. The summed E-state index contributed by atoms with van der Waals surface area (Å²) >= 11 is 0. The van der Waals surface area contributed by atoms with E-state index < -0.39 is 32.5 Å². The van der Waals surface area contributed by atoms with E-state index in [1.807, 2.05) is 6.92 Å². The van der Waals surface area contributed by atoms with Gasteiger partial charge in [-0.3, -0.25) is 4.72 Å². The lowest BCUT2D eigenvalue weighted by Gasteiger charge is -2.10. The van der Waals surface area contributed by atoms with Crippen LogP contribution in [0.1, 0.15) is 30.1 Å². The van der Waals surface area contributed by atoms with E-state index in [1.165, 1.54) is 24.3 Å². The zero-order valence-corrected chi connectivity index (χ0v) is 14.3. The maximum atomic E-state index is 13.6. The van der Waals surface area contributed by atoms with Gasteiger partial charge in [-0.25, -0.2) is 22.0 Å². The summed E-state index contributed by atoms with van der Waals surface area (Å²) in [6.07, 6.45) is 1.65. The molecule has 0 aliphatic heterocycles. The van der Waals surface area contributed by atoms with Crippen molar-refractivity contribution < 1.29 is 26.7 Å². The van der Waals surface area contributed by atoms with Crippen LogP contribution < -0.4 is 4.72 Å². The van der Waals surface area contributed by atoms with Crippen LogP contribution in [0.15, 0.2) is 47.4 Å². The number of unbranched alkanes of at least 4 members (excludes halogenated alkanes) is 1. The van der Waals surface area contributed by atoms with Gasteiger partial charge in [-0.1, -0.05) is 13.3 Å². The fourth-order valence-electron chi connectivity index (χ4n) is 1.97. The molecular formula is C17H17F2NO4S. The molecule has 25 heavy (non-hydrogen) atoms. The van der Waals surface area contributed by atoms with Gasteiger partial charge in [-0.15, -0.1) is 0 Å². The van der Waals surface area contributed by atoms with Gasteiger partial charge in [0.15, 0.2) is 0 Å². The van der Waals surface area contributed by atoms with Crippen LogP contribution in [0.3, 0.4) is 0 Å². The molecule has 134 valence electrons. The van der Waals surface area contributed by atoms with Crippen LogP contribution in [0.2, 0.25) is 0 Å². The molecule has 0 spiro atoms. The number of rotatable bonds is 7. The molecular weight excluding hydrogens is 352 g/mol. The minimum absolute atomic E-state index is 0.133. The molecule has 0 radical (unpaired) electrons. The van der Waals surface area contributed by atoms with E-state index in [9.17, 15) is 22.0 Å². The quantitative estimate of drug-likeness (QED) is 0.596. The van der Waals surface area contributed by atoms with Crippen molar-refractivity contribution in [2.45, 2.75) is 24.7 Å². The van der Waals surface area contributed by atoms with Crippen molar-refractivity contribution in [1.82, 2.24) is 0 Å². The third-order valence-corrected chi connectivity index (χ3v) is 4.70. The minimum atomic E-state index is -4.22. The van der Waals surface area contributed by atoms with E-state index in [0.717, 1.165) is 25.0 Å². The van der Waals surface area contributed by atoms with Crippen molar-refractivity contribution in [3.05, 3.63) is 59.7 Å². The molecule has 2 aromatic rings. The first-order valence-corrected chi connectivity index (χ1v) is 9.07. The monoisotopic (exact) mass is 369 g/mol. The van der Waals surface area contributed by atoms with Gasteiger partial charge in [0.1, 0.15) is 16.5 Å². The lowest BCUT2D eigenvalue weighted by Crippen LogP contribution is -2.15. The highest BCUT2D eigenvalue weighted by Crippen LogP contribution is 2.20. The minimum Gasteiger partial charge on any atom is -0.462 e. The van der Waals surface area contributed by atoms with E-state index >= 15 is 0 Å². The molecule has 2 aromatic carbocycles. The number of carbonyl (C=O) groups is 1. The summed E-state index contributed by atoms with van der Waals surface area (Å²) in [7, 11) is -4.22. The molecule has 8 heteroatoms. The molecule has 0 heterocycles. The summed E-state index contributed by atoms with van der Waals surface area (Å²) in [6, 6.07) is 7.69. The number of benzene rings is 2. The zero-order valence-electron chi connectivity index (χ0n) is 13.5. The van der Waals surface area contributed by atoms with Crippen molar-refractivity contribution >= 4 is 21.7 Å². The van der Waals surface area contributed by atoms with Crippen LogP contribution in [0.25, 0.3) is 0 Å². The lowest BCUT2D eigenvalue weighted by molar-refractivity contribution is 0.0500. The molecule has 0 aliphatic rings. The van der Waals surface area contributed by atoms with E-state index in [0.29, 0.717) is 12.7 Å². The van der Waals surface area contributed by atoms with Gasteiger partial charge in [0.05, 0.1) is 12.2 Å². The second-order valence-corrected chi connectivity index (χ2v) is 6.90. The number of sulfonamides is 1. The zero-order chi connectivity index (χ0) is 18.4. The fraction of sp³-hybridized carbons (Fsp3) is 0.235. The van der Waals surface area contributed by atoms with Crippen molar-refractivity contribution in [3.63, 3.8) is 0 Å². The number of halogens is 2. The Labute approximate surface area is 144 Å². The van der Waals surface area contributed by atoms with Crippen LogP contribution in [-0.2, 0) is 14.8 Å². The van der Waals surface area contributed by atoms with E-state index in [1.54, 1.807) is 0 Å². The topological polar surface area (TPSA) is 72.5 Å². The summed E-state index contributed by atoms with van der Waals surface area (Å²) in [6.45, 7) is 2.28. The largest absolute Gasteiger partial charge is 0.462 e. The van der Waals surface area contributed by atoms with Crippen molar-refractivity contribution in [2.24, 2.45) is 0 Å². The Morgan fingerprint density at radius 3 is 2.40 bits per heavy atom. The van der Waals surface area contributed by atoms with Gasteiger partial charge in [0, 0.05) is 11.8 Å². The van der Waals surface area contributed by atoms with Gasteiger partial charge in [0.25, 0.3) is 10.0 Å². The predicted molar refractivity (Wildman–Crippen MR) is 88.8 cm³/mol. The van der Waals surface area contributed by atoms with E-state index in [-0.39, 0.29) is 11.3 Å². The number of hydrogen-bond donors (Lipinski definition) is 1. The Morgan fingerprint density at radius 1 is 1.12 bits per heavy atom. The number of nitrogens with one attached hydrogen (secondary N) is 1. The Bertz CT molecular complexity index is 851. The number of ether oxygens (including phenoxy) is 1. The SMILES string of the molecule is CCCCOC(=O)c1ccc(NS(=O)(=O)c2ccc(F)cc2F)cc1. The van der Waals surface area contributed by atoms with Gasteiger partial charge in [-0.2, -0.15) is 0 Å². The van der Waals surface area contributed by atoms with Gasteiger partial charge >= 0.3 is 5.97 Å². The molecule has 0 aliphatic carbocycles. The maximum Gasteiger partial charge on any atom is 0.338 e. The molecule has 0 bridgehead atoms. The Hall–Kier alpha value is -2.48. The number of hydrogen-bond acceptors (Lipinski definition) is 4. The van der Waals surface area contributed by atoms with Crippen molar-refractivity contribution in [1.29, 1.82) is 0 Å². The highest BCUT2D eigenvalue weighted by atomic mass is 32.2. The summed E-state index contributed by atoms with van der Waals surface area (Å²) in [5.41, 5.74) is 0.404. The highest BCUT2D eigenvalue weighted by molar-refractivity contribution is 7.92. The molecule has 0 aromatic heterocycles. The first-order valence-electron chi connectivity index (χ1n) is 7.58. The average Bonchev–Trinajstić information content (AvgIpc) is 2.55. The Balaban J connectivity index is 2.11. The second-order valence-electron chi connectivity index (χ2n) is 5.25. The molecule has 2 rings (SSSR count). The number of anilines is 1. The standard InChI is InChI=1S/C17H17F2NO4S/c1-2-3-10-24-17(21)12-4-7-14(8-5-12)20-25(22,23)16-9-6-13(18)11-15(16)19/h4-9,11,20H,2-3,10H2,1H3. The number of carbonyl (C=O) groups excluding carboxylic acids is 1. The van der Waals surface area contributed by atoms with Gasteiger partial charge in [-0.05, 0) is 42.8 Å². The molecule has 1 N–H and O–H groups in total. The summed E-state index contributed by atoms with van der Waals surface area (Å²) in [4.78, 5) is 11.1. The van der Waals surface area contributed by atoms with Crippen molar-refractivity contribution in [2.75, 3.05) is 11.3 Å². The van der Waals surface area contributed by atoms with Crippen LogP contribution in [0.4, 0.5) is 14.5 Å². The molecule has 0 saturated carbocycles. The van der Waals surface area contributed by atoms with Crippen LogP contribution >= 0.6 is 0 Å². The van der Waals surface area contributed by atoms with E-state index in [4.69, 9.17) is 4.74 Å².